The Morgan fingerprint density at radius 2 is 1.81 bits per heavy atom. The maximum Gasteiger partial charge on any atom is 0.256 e. The molecule has 5 rings (SSSR count). The highest BCUT2D eigenvalue weighted by Crippen LogP contribution is 2.30. The molecule has 32 heavy (non-hydrogen) atoms. The molecule has 2 aromatic carbocycles. The molecule has 3 heterocycles. The normalized spacial score (nSPS) is 17.3. The number of piperazine rings is 1. The minimum Gasteiger partial charge on any atom is -0.336 e. The van der Waals surface area contributed by atoms with Crippen molar-refractivity contribution >= 4 is 40.0 Å². The van der Waals surface area contributed by atoms with Gasteiger partial charge in [0.15, 0.2) is 0 Å². The number of nitrogens with zero attached hydrogens (tertiary/aromatic N) is 4. The average molecular weight is 449 g/mol. The van der Waals surface area contributed by atoms with Crippen LogP contribution in [0.25, 0.3) is 10.9 Å². The van der Waals surface area contributed by atoms with Gasteiger partial charge in [0.2, 0.25) is 5.91 Å². The topological polar surface area (TPSA) is 56.8 Å². The lowest BCUT2D eigenvalue weighted by Gasteiger charge is -2.35. The van der Waals surface area contributed by atoms with E-state index in [1.807, 2.05) is 17.2 Å². The van der Waals surface area contributed by atoms with Gasteiger partial charge in [-0.3, -0.25) is 19.5 Å². The number of fused-ring (bicyclic) bond motifs is 1. The number of para-hydroxylation sites is 1. The number of anilines is 1. The summed E-state index contributed by atoms with van der Waals surface area (Å²) in [4.78, 5) is 36.1. The van der Waals surface area contributed by atoms with Crippen molar-refractivity contribution in [1.29, 1.82) is 0 Å². The Morgan fingerprint density at radius 3 is 2.59 bits per heavy atom. The number of hydrogen-bond donors (Lipinski definition) is 0. The lowest BCUT2D eigenvalue weighted by atomic mass is 10.1. The zero-order chi connectivity index (χ0) is 22.1. The van der Waals surface area contributed by atoms with E-state index in [0.29, 0.717) is 42.3 Å². The molecule has 2 saturated heterocycles. The number of halogens is 1. The van der Waals surface area contributed by atoms with Gasteiger partial charge in [-0.25, -0.2) is 0 Å². The maximum absolute atomic E-state index is 13.4. The molecule has 0 aliphatic carbocycles. The van der Waals surface area contributed by atoms with Gasteiger partial charge in [-0.2, -0.15) is 0 Å². The monoisotopic (exact) mass is 448 g/mol. The van der Waals surface area contributed by atoms with E-state index in [-0.39, 0.29) is 11.8 Å². The summed E-state index contributed by atoms with van der Waals surface area (Å²) in [5, 5.41) is 1.68. The summed E-state index contributed by atoms with van der Waals surface area (Å²) in [6, 6.07) is 15.5. The second-order valence-electron chi connectivity index (χ2n) is 8.37. The Bertz CT molecular complexity index is 1170. The smallest absolute Gasteiger partial charge is 0.256 e. The van der Waals surface area contributed by atoms with Crippen LogP contribution in [0.3, 0.4) is 0 Å². The second kappa shape index (κ2) is 8.88. The molecule has 0 atom stereocenters. The van der Waals surface area contributed by atoms with Crippen LogP contribution in [0.15, 0.2) is 54.7 Å². The molecule has 7 heteroatoms. The molecule has 0 unspecified atom stereocenters. The Morgan fingerprint density at radius 1 is 1.00 bits per heavy atom. The predicted octanol–water partition coefficient (Wildman–Crippen LogP) is 3.97. The minimum atomic E-state index is -0.0390. The highest BCUT2D eigenvalue weighted by Gasteiger charge is 2.29. The van der Waals surface area contributed by atoms with Gasteiger partial charge in [-0.05, 0) is 36.2 Å². The molecule has 2 amide bonds. The van der Waals surface area contributed by atoms with Crippen LogP contribution in [-0.2, 0) is 11.3 Å². The second-order valence-corrected chi connectivity index (χ2v) is 8.81. The van der Waals surface area contributed by atoms with Gasteiger partial charge < -0.3 is 9.80 Å². The van der Waals surface area contributed by atoms with Crippen LogP contribution in [0.4, 0.5) is 5.69 Å². The molecule has 164 valence electrons. The first kappa shape index (κ1) is 20.9. The molecular weight excluding hydrogens is 424 g/mol. The van der Waals surface area contributed by atoms with E-state index in [2.05, 4.69) is 34.1 Å². The van der Waals surface area contributed by atoms with Crippen LogP contribution >= 0.6 is 11.6 Å². The van der Waals surface area contributed by atoms with Crippen molar-refractivity contribution in [3.8, 4) is 0 Å². The van der Waals surface area contributed by atoms with E-state index in [1.165, 1.54) is 5.56 Å². The Balaban J connectivity index is 1.29. The molecular formula is C25H25ClN4O2. The summed E-state index contributed by atoms with van der Waals surface area (Å²) in [6.45, 7) is 4.32. The van der Waals surface area contributed by atoms with Crippen LogP contribution in [0, 0.1) is 0 Å². The summed E-state index contributed by atoms with van der Waals surface area (Å²) in [5.74, 6) is 0.0117. The average Bonchev–Trinajstić information content (AvgIpc) is 3.25. The summed E-state index contributed by atoms with van der Waals surface area (Å²) in [7, 11) is 0. The lowest BCUT2D eigenvalue weighted by Crippen LogP contribution is -2.48. The summed E-state index contributed by atoms with van der Waals surface area (Å²) in [6.07, 6.45) is 3.15. The zero-order valence-electron chi connectivity index (χ0n) is 17.8. The summed E-state index contributed by atoms with van der Waals surface area (Å²) in [5.41, 5.74) is 3.43. The highest BCUT2D eigenvalue weighted by atomic mass is 35.5. The molecule has 0 bridgehead atoms. The fourth-order valence-electron chi connectivity index (χ4n) is 4.63. The van der Waals surface area contributed by atoms with E-state index in [4.69, 9.17) is 11.6 Å². The summed E-state index contributed by atoms with van der Waals surface area (Å²) >= 11 is 6.20. The lowest BCUT2D eigenvalue weighted by molar-refractivity contribution is -0.117. The first-order chi connectivity index (χ1) is 15.6. The van der Waals surface area contributed by atoms with Crippen LogP contribution in [0.5, 0.6) is 0 Å². The molecule has 3 aromatic rings. The van der Waals surface area contributed by atoms with Crippen molar-refractivity contribution < 1.29 is 9.59 Å². The quantitative estimate of drug-likeness (QED) is 0.606. The molecule has 0 N–H and O–H groups in total. The molecule has 2 aliphatic heterocycles. The van der Waals surface area contributed by atoms with Crippen molar-refractivity contribution in [3.63, 3.8) is 0 Å². The van der Waals surface area contributed by atoms with Crippen molar-refractivity contribution in [3.05, 3.63) is 70.9 Å². The zero-order valence-corrected chi connectivity index (χ0v) is 18.6. The van der Waals surface area contributed by atoms with Crippen LogP contribution in [0.2, 0.25) is 5.02 Å². The standard InChI is InChI=1S/C25H25ClN4O2/c26-20-8-9-21(22(16-20)30-11-3-7-23(30)31)25(32)29-14-12-28(13-15-29)17-19-5-1-4-18-6-2-10-27-24(18)19/h1-2,4-6,8-10,16H,3,7,11-15,17H2. The Kier molecular flexibility index (Phi) is 5.81. The van der Waals surface area contributed by atoms with Gasteiger partial charge in [0, 0.05) is 62.3 Å². The Labute approximate surface area is 192 Å². The first-order valence-corrected chi connectivity index (χ1v) is 11.4. The largest absolute Gasteiger partial charge is 0.336 e. The van der Waals surface area contributed by atoms with Gasteiger partial charge in [0.1, 0.15) is 0 Å². The predicted molar refractivity (Wildman–Crippen MR) is 126 cm³/mol. The number of amides is 2. The van der Waals surface area contributed by atoms with Gasteiger partial charge in [-0.1, -0.05) is 35.9 Å². The van der Waals surface area contributed by atoms with Crippen molar-refractivity contribution in [2.75, 3.05) is 37.6 Å². The van der Waals surface area contributed by atoms with E-state index < -0.39 is 0 Å². The number of carbonyl (C=O) groups excluding carboxylic acids is 2. The maximum atomic E-state index is 13.4. The highest BCUT2D eigenvalue weighted by molar-refractivity contribution is 6.31. The van der Waals surface area contributed by atoms with Crippen LogP contribution < -0.4 is 4.90 Å². The number of benzene rings is 2. The first-order valence-electron chi connectivity index (χ1n) is 11.0. The van der Waals surface area contributed by atoms with Gasteiger partial charge in [0.05, 0.1) is 16.8 Å². The van der Waals surface area contributed by atoms with Crippen molar-refractivity contribution in [1.82, 2.24) is 14.8 Å². The number of rotatable bonds is 4. The molecule has 2 fully saturated rings. The van der Waals surface area contributed by atoms with Gasteiger partial charge in [-0.15, -0.1) is 0 Å². The van der Waals surface area contributed by atoms with Crippen LogP contribution in [-0.4, -0.2) is 59.3 Å². The number of pyridine rings is 1. The molecule has 1 aromatic heterocycles. The van der Waals surface area contributed by atoms with Gasteiger partial charge >= 0.3 is 0 Å². The van der Waals surface area contributed by atoms with Crippen molar-refractivity contribution in [2.24, 2.45) is 0 Å². The van der Waals surface area contributed by atoms with E-state index in [9.17, 15) is 9.59 Å². The minimum absolute atomic E-state index is 0.0390. The third kappa shape index (κ3) is 4.08. The number of carbonyl (C=O) groups is 2. The third-order valence-electron chi connectivity index (χ3n) is 6.32. The van der Waals surface area contributed by atoms with Crippen molar-refractivity contribution in [2.45, 2.75) is 19.4 Å². The van der Waals surface area contributed by atoms with E-state index >= 15 is 0 Å². The number of aromatic nitrogens is 1. The summed E-state index contributed by atoms with van der Waals surface area (Å²) < 4.78 is 0. The molecule has 0 spiro atoms. The van der Waals surface area contributed by atoms with Crippen LogP contribution in [0.1, 0.15) is 28.8 Å². The molecule has 0 radical (unpaired) electrons. The SMILES string of the molecule is O=C(c1ccc(Cl)cc1N1CCCC1=O)N1CCN(Cc2cccc3cccnc23)CC1. The van der Waals surface area contributed by atoms with E-state index in [0.717, 1.165) is 37.0 Å². The molecule has 0 saturated carbocycles. The molecule has 2 aliphatic rings. The fraction of sp³-hybridized carbons (Fsp3) is 0.320. The molecule has 6 nitrogen and oxygen atoms in total. The van der Waals surface area contributed by atoms with Gasteiger partial charge in [0.25, 0.3) is 5.91 Å². The number of hydrogen-bond acceptors (Lipinski definition) is 4. The fourth-order valence-corrected chi connectivity index (χ4v) is 4.79. The van der Waals surface area contributed by atoms with E-state index in [1.54, 1.807) is 23.1 Å². The third-order valence-corrected chi connectivity index (χ3v) is 6.56. The Hall–Kier alpha value is -2.96.